The van der Waals surface area contributed by atoms with E-state index in [-0.39, 0.29) is 17.0 Å². The van der Waals surface area contributed by atoms with Crippen LogP contribution in [0.3, 0.4) is 0 Å². The predicted molar refractivity (Wildman–Crippen MR) is 72.6 cm³/mol. The molecule has 1 heterocycles. The summed E-state index contributed by atoms with van der Waals surface area (Å²) in [5, 5.41) is 5.95. The third kappa shape index (κ3) is 3.22. The average Bonchev–Trinajstić information content (AvgIpc) is 3.15. The van der Waals surface area contributed by atoms with Crippen LogP contribution in [0.15, 0.2) is 12.3 Å². The Labute approximate surface area is 112 Å². The highest BCUT2D eigenvalue weighted by Crippen LogP contribution is 2.39. The molecule has 19 heavy (non-hydrogen) atoms. The van der Waals surface area contributed by atoms with Crippen molar-refractivity contribution in [1.29, 1.82) is 0 Å². The van der Waals surface area contributed by atoms with E-state index in [1.165, 1.54) is 6.07 Å². The van der Waals surface area contributed by atoms with Crippen molar-refractivity contribution in [1.82, 2.24) is 10.3 Å². The number of pyridine rings is 1. The molecule has 2 N–H and O–H groups in total. The predicted octanol–water partition coefficient (Wildman–Crippen LogP) is 2.57. The molecule has 104 valence electrons. The highest BCUT2D eigenvalue weighted by molar-refractivity contribution is 5.99. The summed E-state index contributed by atoms with van der Waals surface area (Å²) >= 11 is 0. The van der Waals surface area contributed by atoms with Crippen LogP contribution in [0.5, 0.6) is 0 Å². The Morgan fingerprint density at radius 2 is 2.21 bits per heavy atom. The molecule has 5 heteroatoms. The van der Waals surface area contributed by atoms with Crippen molar-refractivity contribution < 1.29 is 9.18 Å². The first-order valence-electron chi connectivity index (χ1n) is 6.66. The van der Waals surface area contributed by atoms with Crippen molar-refractivity contribution in [2.45, 2.75) is 39.2 Å². The first-order chi connectivity index (χ1) is 8.94. The molecule has 1 aromatic rings. The fraction of sp³-hybridized carbons (Fsp3) is 0.571. The number of nitrogens with one attached hydrogen (secondary N) is 2. The van der Waals surface area contributed by atoms with E-state index in [1.54, 1.807) is 0 Å². The number of anilines is 1. The van der Waals surface area contributed by atoms with E-state index in [0.717, 1.165) is 19.0 Å². The summed E-state index contributed by atoms with van der Waals surface area (Å²) in [6, 6.07) is 1.23. The van der Waals surface area contributed by atoms with Crippen molar-refractivity contribution in [3.63, 3.8) is 0 Å². The molecule has 0 saturated heterocycles. The van der Waals surface area contributed by atoms with Gasteiger partial charge in [-0.2, -0.15) is 0 Å². The Bertz CT molecular complexity index is 484. The Morgan fingerprint density at radius 3 is 2.79 bits per heavy atom. The summed E-state index contributed by atoms with van der Waals surface area (Å²) in [5.74, 6) is 0.157. The summed E-state index contributed by atoms with van der Waals surface area (Å²) in [5.41, 5.74) is 0.00273. The zero-order chi connectivity index (χ0) is 14.0. The van der Waals surface area contributed by atoms with Crippen LogP contribution in [0.4, 0.5) is 10.2 Å². The molecule has 2 rings (SSSR count). The van der Waals surface area contributed by atoms with Crippen LogP contribution < -0.4 is 10.6 Å². The molecular weight excluding hydrogens is 245 g/mol. The van der Waals surface area contributed by atoms with Crippen molar-refractivity contribution in [2.24, 2.45) is 5.92 Å². The molecule has 0 radical (unpaired) electrons. The molecule has 1 amide bonds. The fourth-order valence-electron chi connectivity index (χ4n) is 2.19. The lowest BCUT2D eigenvalue weighted by atomic mass is 9.98. The van der Waals surface area contributed by atoms with Crippen molar-refractivity contribution in [3.05, 3.63) is 23.6 Å². The summed E-state index contributed by atoms with van der Waals surface area (Å²) in [6.07, 6.45) is 3.38. The van der Waals surface area contributed by atoms with Crippen molar-refractivity contribution in [2.75, 3.05) is 11.9 Å². The summed E-state index contributed by atoms with van der Waals surface area (Å²) in [4.78, 5) is 16.2. The van der Waals surface area contributed by atoms with E-state index < -0.39 is 5.82 Å². The maximum atomic E-state index is 13.3. The summed E-state index contributed by atoms with van der Waals surface area (Å²) in [6.45, 7) is 6.54. The van der Waals surface area contributed by atoms with E-state index >= 15 is 0 Å². The number of nitrogens with zero attached hydrogens (tertiary/aromatic N) is 1. The maximum Gasteiger partial charge on any atom is 0.255 e. The minimum Gasteiger partial charge on any atom is -0.370 e. The van der Waals surface area contributed by atoms with E-state index in [1.807, 2.05) is 20.8 Å². The smallest absolute Gasteiger partial charge is 0.255 e. The molecule has 0 atom stereocenters. The number of hydrogen-bond acceptors (Lipinski definition) is 3. The second kappa shape index (κ2) is 5.15. The zero-order valence-electron chi connectivity index (χ0n) is 11.6. The van der Waals surface area contributed by atoms with E-state index in [0.29, 0.717) is 18.3 Å². The molecule has 0 spiro atoms. The zero-order valence-corrected chi connectivity index (χ0v) is 11.6. The van der Waals surface area contributed by atoms with Gasteiger partial charge in [0.05, 0.1) is 11.8 Å². The van der Waals surface area contributed by atoms with Crippen LogP contribution in [0.2, 0.25) is 0 Å². The van der Waals surface area contributed by atoms with Gasteiger partial charge in [-0.1, -0.05) is 0 Å². The second-order valence-electron chi connectivity index (χ2n) is 5.53. The van der Waals surface area contributed by atoms with Crippen LogP contribution in [-0.4, -0.2) is 23.0 Å². The lowest BCUT2D eigenvalue weighted by Gasteiger charge is -2.26. The third-order valence-corrected chi connectivity index (χ3v) is 3.48. The van der Waals surface area contributed by atoms with Gasteiger partial charge >= 0.3 is 0 Å². The third-order valence-electron chi connectivity index (χ3n) is 3.48. The van der Waals surface area contributed by atoms with E-state index in [4.69, 9.17) is 0 Å². The van der Waals surface area contributed by atoms with Gasteiger partial charge < -0.3 is 10.6 Å². The van der Waals surface area contributed by atoms with Crippen LogP contribution in [-0.2, 0) is 0 Å². The normalized spacial score (nSPS) is 15.2. The quantitative estimate of drug-likeness (QED) is 0.860. The minimum absolute atomic E-state index is 0.257. The molecule has 1 aromatic heterocycles. The molecule has 1 fully saturated rings. The van der Waals surface area contributed by atoms with Gasteiger partial charge in [0, 0.05) is 12.1 Å². The molecule has 4 nitrogen and oxygen atoms in total. The van der Waals surface area contributed by atoms with Gasteiger partial charge in [0.15, 0.2) is 0 Å². The Morgan fingerprint density at radius 1 is 1.53 bits per heavy atom. The van der Waals surface area contributed by atoms with Gasteiger partial charge in [-0.05, 0) is 45.6 Å². The SMILES string of the molecule is CCNc1ncc(F)cc1C(=O)NC(C)(C)C1CC1. The number of amides is 1. The van der Waals surface area contributed by atoms with Gasteiger partial charge in [-0.15, -0.1) is 0 Å². The van der Waals surface area contributed by atoms with Crippen LogP contribution in [0.25, 0.3) is 0 Å². The first kappa shape index (κ1) is 13.8. The molecule has 0 unspecified atom stereocenters. The Kier molecular flexibility index (Phi) is 3.73. The molecule has 1 aliphatic rings. The van der Waals surface area contributed by atoms with E-state index in [2.05, 4.69) is 15.6 Å². The standard InChI is InChI=1S/C14H20FN3O/c1-4-16-12-11(7-10(15)8-17-12)13(19)18-14(2,3)9-5-6-9/h7-9H,4-6H2,1-3H3,(H,16,17)(H,18,19). The maximum absolute atomic E-state index is 13.3. The largest absolute Gasteiger partial charge is 0.370 e. The van der Waals surface area contributed by atoms with Crippen LogP contribution in [0, 0.1) is 11.7 Å². The lowest BCUT2D eigenvalue weighted by molar-refractivity contribution is 0.0903. The number of hydrogen-bond donors (Lipinski definition) is 2. The van der Waals surface area contributed by atoms with Gasteiger partial charge in [-0.3, -0.25) is 4.79 Å². The number of rotatable bonds is 5. The van der Waals surface area contributed by atoms with Gasteiger partial charge in [-0.25, -0.2) is 9.37 Å². The molecular formula is C14H20FN3O. The molecule has 1 saturated carbocycles. The highest BCUT2D eigenvalue weighted by Gasteiger charge is 2.39. The number of aromatic nitrogens is 1. The minimum atomic E-state index is -0.504. The molecule has 0 bridgehead atoms. The number of carbonyl (C=O) groups is 1. The lowest BCUT2D eigenvalue weighted by Crippen LogP contribution is -2.45. The summed E-state index contributed by atoms with van der Waals surface area (Å²) < 4.78 is 13.3. The number of halogens is 1. The van der Waals surface area contributed by atoms with Crippen molar-refractivity contribution in [3.8, 4) is 0 Å². The fourth-order valence-corrected chi connectivity index (χ4v) is 2.19. The van der Waals surface area contributed by atoms with Gasteiger partial charge in [0.1, 0.15) is 11.6 Å². The van der Waals surface area contributed by atoms with Crippen LogP contribution in [0.1, 0.15) is 44.0 Å². The molecule has 0 aromatic carbocycles. The van der Waals surface area contributed by atoms with Gasteiger partial charge in [0.25, 0.3) is 5.91 Å². The van der Waals surface area contributed by atoms with Crippen LogP contribution >= 0.6 is 0 Å². The molecule has 0 aliphatic heterocycles. The van der Waals surface area contributed by atoms with Gasteiger partial charge in [0.2, 0.25) is 0 Å². The first-order valence-corrected chi connectivity index (χ1v) is 6.66. The highest BCUT2D eigenvalue weighted by atomic mass is 19.1. The molecule has 1 aliphatic carbocycles. The van der Waals surface area contributed by atoms with Crippen molar-refractivity contribution >= 4 is 11.7 Å². The second-order valence-corrected chi connectivity index (χ2v) is 5.53. The Balaban J connectivity index is 2.19. The van der Waals surface area contributed by atoms with E-state index in [9.17, 15) is 9.18 Å². The Hall–Kier alpha value is -1.65. The topological polar surface area (TPSA) is 54.0 Å². The number of carbonyl (C=O) groups excluding carboxylic acids is 1. The monoisotopic (exact) mass is 265 g/mol. The summed E-state index contributed by atoms with van der Waals surface area (Å²) in [7, 11) is 0. The average molecular weight is 265 g/mol.